The average Bonchev–Trinajstić information content (AvgIpc) is 2.59. The van der Waals surface area contributed by atoms with Gasteiger partial charge < -0.3 is 19.0 Å². The summed E-state index contributed by atoms with van der Waals surface area (Å²) in [4.78, 5) is 71.9. The monoisotopic (exact) mass is 398 g/mol. The Morgan fingerprint density at radius 1 is 0.929 bits per heavy atom. The number of ether oxygens (including phenoxy) is 2. The molecule has 0 bridgehead atoms. The Morgan fingerprint density at radius 3 is 1.93 bits per heavy atom. The van der Waals surface area contributed by atoms with Crippen LogP contribution in [-0.2, 0) is 16.5 Å². The van der Waals surface area contributed by atoms with Gasteiger partial charge in [-0.3, -0.25) is 19.6 Å². The van der Waals surface area contributed by atoms with Crippen LogP contribution in [0.3, 0.4) is 0 Å². The lowest BCUT2D eigenvalue weighted by molar-refractivity contribution is 0.0513. The van der Waals surface area contributed by atoms with E-state index in [0.717, 1.165) is 17.0 Å². The number of rotatable bonds is 4. The summed E-state index contributed by atoms with van der Waals surface area (Å²) in [5, 5.41) is 0. The summed E-state index contributed by atoms with van der Waals surface area (Å²) in [6, 6.07) is 0. The molecule has 0 spiro atoms. The third-order valence-corrected chi connectivity index (χ3v) is 2.92. The van der Waals surface area contributed by atoms with Gasteiger partial charge in [0.1, 0.15) is 11.1 Å². The molecule has 12 nitrogen and oxygen atoms in total. The molecule has 0 aromatic carbocycles. The number of nitrogens with zero attached hydrogens (tertiary/aromatic N) is 1. The molecule has 0 aliphatic carbocycles. The van der Waals surface area contributed by atoms with Gasteiger partial charge in [0.05, 0.1) is 13.2 Å². The number of nitrogens with one attached hydrogen (secondary N) is 3. The Kier molecular flexibility index (Phi) is 9.64. The molecular formula is C16H22N4O8. The Morgan fingerprint density at radius 2 is 1.43 bits per heavy atom. The minimum absolute atomic E-state index is 0. The smallest absolute Gasteiger partial charge is 0.345 e. The molecule has 0 aliphatic rings. The quantitative estimate of drug-likeness (QED) is 0.557. The molecule has 0 radical (unpaired) electrons. The van der Waals surface area contributed by atoms with E-state index in [1.807, 2.05) is 9.97 Å². The fourth-order valence-corrected chi connectivity index (χ4v) is 1.69. The van der Waals surface area contributed by atoms with Crippen LogP contribution in [0, 0.1) is 0 Å². The van der Waals surface area contributed by atoms with Crippen molar-refractivity contribution in [3.8, 4) is 0 Å². The minimum atomic E-state index is -0.750. The van der Waals surface area contributed by atoms with Crippen LogP contribution in [0.2, 0.25) is 0 Å². The number of aryl methyl sites for hydroxylation is 1. The fourth-order valence-electron chi connectivity index (χ4n) is 1.69. The van der Waals surface area contributed by atoms with E-state index in [0.29, 0.717) is 0 Å². The van der Waals surface area contributed by atoms with Crippen molar-refractivity contribution in [1.29, 1.82) is 0 Å². The molecule has 12 heteroatoms. The van der Waals surface area contributed by atoms with Crippen LogP contribution in [0.1, 0.15) is 42.0 Å². The Labute approximate surface area is 158 Å². The number of aromatic amines is 3. The lowest BCUT2D eigenvalue weighted by Crippen LogP contribution is -2.32. The van der Waals surface area contributed by atoms with E-state index in [-0.39, 0.29) is 31.8 Å². The van der Waals surface area contributed by atoms with Gasteiger partial charge in [0.25, 0.3) is 11.1 Å². The number of carbonyl (C=O) groups excluding carboxylic acids is 2. The molecule has 2 rings (SSSR count). The molecule has 2 aromatic heterocycles. The average molecular weight is 398 g/mol. The van der Waals surface area contributed by atoms with Gasteiger partial charge in [-0.1, -0.05) is 7.43 Å². The molecule has 2 aromatic rings. The van der Waals surface area contributed by atoms with E-state index < -0.39 is 34.4 Å². The van der Waals surface area contributed by atoms with Crippen LogP contribution < -0.4 is 22.5 Å². The van der Waals surface area contributed by atoms with Gasteiger partial charge in [0.15, 0.2) is 0 Å². The summed E-state index contributed by atoms with van der Waals surface area (Å²) in [6.07, 6.45) is 2.18. The first kappa shape index (κ1) is 24.3. The summed E-state index contributed by atoms with van der Waals surface area (Å²) >= 11 is 0. The Balaban J connectivity index is 0.000000504. The molecule has 0 unspecified atom stereocenters. The van der Waals surface area contributed by atoms with Crippen molar-refractivity contribution in [2.45, 2.75) is 21.3 Å². The highest BCUT2D eigenvalue weighted by atomic mass is 16.5. The van der Waals surface area contributed by atoms with E-state index in [1.165, 1.54) is 7.05 Å². The summed E-state index contributed by atoms with van der Waals surface area (Å²) in [5.41, 5.74) is -3.08. The number of H-pyrrole nitrogens is 3. The van der Waals surface area contributed by atoms with Crippen LogP contribution in [0.4, 0.5) is 0 Å². The van der Waals surface area contributed by atoms with Gasteiger partial charge in [-0.25, -0.2) is 19.2 Å². The van der Waals surface area contributed by atoms with Gasteiger partial charge in [-0.15, -0.1) is 0 Å². The third-order valence-electron chi connectivity index (χ3n) is 2.92. The molecule has 0 atom stereocenters. The lowest BCUT2D eigenvalue weighted by Gasteiger charge is -2.01. The lowest BCUT2D eigenvalue weighted by atomic mass is 10.3. The zero-order chi connectivity index (χ0) is 20.6. The van der Waals surface area contributed by atoms with Gasteiger partial charge in [-0.2, -0.15) is 0 Å². The SMILES string of the molecule is C.CCOC(=O)c1c[nH]c(=O)[nH]c1=O.CCOC(=O)c1cn(C)c(=O)[nH]c1=O. The predicted octanol–water partition coefficient (Wildman–Crippen LogP) is -0.874. The van der Waals surface area contributed by atoms with E-state index in [9.17, 15) is 28.8 Å². The minimum Gasteiger partial charge on any atom is -0.462 e. The number of aromatic nitrogens is 4. The van der Waals surface area contributed by atoms with Gasteiger partial charge in [0, 0.05) is 19.4 Å². The molecular weight excluding hydrogens is 376 g/mol. The summed E-state index contributed by atoms with van der Waals surface area (Å²) in [5.74, 6) is -1.48. The number of carbonyl (C=O) groups is 2. The van der Waals surface area contributed by atoms with Crippen LogP contribution in [-0.4, -0.2) is 44.7 Å². The van der Waals surface area contributed by atoms with Gasteiger partial charge >= 0.3 is 23.3 Å². The van der Waals surface area contributed by atoms with E-state index >= 15 is 0 Å². The zero-order valence-electron chi connectivity index (χ0n) is 14.8. The van der Waals surface area contributed by atoms with Crippen molar-refractivity contribution in [1.82, 2.24) is 19.5 Å². The number of hydrogen-bond acceptors (Lipinski definition) is 8. The first-order valence-corrected chi connectivity index (χ1v) is 7.67. The second-order valence-electron chi connectivity index (χ2n) is 4.84. The van der Waals surface area contributed by atoms with Crippen LogP contribution in [0.15, 0.2) is 31.6 Å². The van der Waals surface area contributed by atoms with E-state index in [1.54, 1.807) is 13.8 Å². The fraction of sp³-hybridized carbons (Fsp3) is 0.375. The van der Waals surface area contributed by atoms with Crippen molar-refractivity contribution in [3.63, 3.8) is 0 Å². The van der Waals surface area contributed by atoms with E-state index in [4.69, 9.17) is 0 Å². The van der Waals surface area contributed by atoms with Crippen molar-refractivity contribution >= 4 is 11.9 Å². The molecule has 3 N–H and O–H groups in total. The predicted molar refractivity (Wildman–Crippen MR) is 98.6 cm³/mol. The number of esters is 2. The van der Waals surface area contributed by atoms with Crippen LogP contribution >= 0.6 is 0 Å². The maximum Gasteiger partial charge on any atom is 0.345 e. The Hall–Kier alpha value is -3.70. The zero-order valence-corrected chi connectivity index (χ0v) is 14.8. The molecule has 0 saturated carbocycles. The third kappa shape index (κ3) is 6.55. The first-order valence-electron chi connectivity index (χ1n) is 7.67. The van der Waals surface area contributed by atoms with Gasteiger partial charge in [0.2, 0.25) is 0 Å². The second-order valence-corrected chi connectivity index (χ2v) is 4.84. The molecule has 2 heterocycles. The topological polar surface area (TPSA) is 173 Å². The molecule has 28 heavy (non-hydrogen) atoms. The van der Waals surface area contributed by atoms with Crippen molar-refractivity contribution in [3.05, 3.63) is 65.2 Å². The van der Waals surface area contributed by atoms with Crippen molar-refractivity contribution < 1.29 is 19.1 Å². The highest BCUT2D eigenvalue weighted by Gasteiger charge is 2.12. The van der Waals surface area contributed by atoms with Crippen LogP contribution in [0.25, 0.3) is 0 Å². The molecule has 0 saturated heterocycles. The number of hydrogen-bond donors (Lipinski definition) is 3. The first-order chi connectivity index (χ1) is 12.7. The maximum absolute atomic E-state index is 11.2. The normalized spacial score (nSPS) is 9.39. The largest absolute Gasteiger partial charge is 0.462 e. The molecule has 0 aliphatic heterocycles. The van der Waals surface area contributed by atoms with Crippen molar-refractivity contribution in [2.75, 3.05) is 13.2 Å². The Bertz CT molecular complexity index is 1040. The molecule has 154 valence electrons. The second kappa shape index (κ2) is 11.1. The summed E-state index contributed by atoms with van der Waals surface area (Å²) in [7, 11) is 1.43. The molecule has 0 fully saturated rings. The standard InChI is InChI=1S/C8H10N2O4.C7H8N2O4.CH4/c1-3-14-7(12)5-4-10(2)8(13)9-6(5)11;1-2-13-6(11)4-3-8-7(12)9-5(4)10;/h4H,3H2,1-2H3,(H,9,11,13);3H,2H2,1H3,(H2,8,9,10,12);1H4. The maximum atomic E-state index is 11.2. The van der Waals surface area contributed by atoms with Crippen LogP contribution in [0.5, 0.6) is 0 Å². The summed E-state index contributed by atoms with van der Waals surface area (Å²) in [6.45, 7) is 3.62. The highest BCUT2D eigenvalue weighted by Crippen LogP contribution is 1.91. The van der Waals surface area contributed by atoms with Crippen molar-refractivity contribution in [2.24, 2.45) is 7.05 Å². The van der Waals surface area contributed by atoms with E-state index in [2.05, 4.69) is 14.5 Å². The summed E-state index contributed by atoms with van der Waals surface area (Å²) < 4.78 is 10.3. The highest BCUT2D eigenvalue weighted by molar-refractivity contribution is 5.88. The molecule has 0 amide bonds. The van der Waals surface area contributed by atoms with Gasteiger partial charge in [-0.05, 0) is 13.8 Å².